The van der Waals surface area contributed by atoms with Crippen molar-refractivity contribution >= 4 is 5.84 Å². The van der Waals surface area contributed by atoms with Gasteiger partial charge in [-0.1, -0.05) is 11.2 Å². The molecule has 4 rings (SSSR count). The third-order valence-corrected chi connectivity index (χ3v) is 5.03. The number of nitrogens with zero attached hydrogens (tertiary/aromatic N) is 3. The van der Waals surface area contributed by atoms with Gasteiger partial charge in [-0.05, 0) is 37.6 Å². The number of halogens is 3. The lowest BCUT2D eigenvalue weighted by atomic mass is 9.97. The monoisotopic (exact) mass is 375 g/mol. The Bertz CT molecular complexity index is 893. The van der Waals surface area contributed by atoms with E-state index in [1.807, 2.05) is 11.8 Å². The SMILES string of the molecule is Cc1cnc([C@@H]2CC(N3CC[C@@](C)(F)C3)=NO2)c(-c2c(F)cccc2F)c1. The van der Waals surface area contributed by atoms with Crippen LogP contribution in [0.2, 0.25) is 0 Å². The molecule has 0 spiro atoms. The smallest absolute Gasteiger partial charge is 0.177 e. The van der Waals surface area contributed by atoms with Crippen LogP contribution in [-0.2, 0) is 4.84 Å². The summed E-state index contributed by atoms with van der Waals surface area (Å²) < 4.78 is 42.8. The summed E-state index contributed by atoms with van der Waals surface area (Å²) in [5, 5.41) is 4.09. The van der Waals surface area contributed by atoms with E-state index in [0.29, 0.717) is 36.5 Å². The van der Waals surface area contributed by atoms with Gasteiger partial charge in [0.15, 0.2) is 6.10 Å². The van der Waals surface area contributed by atoms with E-state index < -0.39 is 23.4 Å². The molecule has 2 aliphatic rings. The van der Waals surface area contributed by atoms with Crippen LogP contribution in [0.25, 0.3) is 11.1 Å². The first-order valence-electron chi connectivity index (χ1n) is 8.91. The Hall–Kier alpha value is -2.57. The Kier molecular flexibility index (Phi) is 4.32. The van der Waals surface area contributed by atoms with Crippen LogP contribution in [0.1, 0.15) is 37.1 Å². The molecule has 142 valence electrons. The summed E-state index contributed by atoms with van der Waals surface area (Å²) in [6.45, 7) is 4.21. The largest absolute Gasteiger partial charge is 0.384 e. The molecule has 2 atom stereocenters. The maximum absolute atomic E-state index is 14.4. The Morgan fingerprint density at radius 2 is 2.00 bits per heavy atom. The number of aryl methyl sites for hydroxylation is 1. The standard InChI is InChI=1S/C20H20F3N3O/c1-12-8-13(18-14(21)4-3-5-15(18)22)19(24-10-12)16-9-17(25-27-16)26-7-6-20(2,23)11-26/h3-5,8,10,16H,6-7,9,11H2,1-2H3/t16-,20+/m0/s1. The van der Waals surface area contributed by atoms with Crippen LogP contribution in [0.4, 0.5) is 13.2 Å². The molecule has 0 unspecified atom stereocenters. The number of rotatable bonds is 2. The van der Waals surface area contributed by atoms with E-state index in [0.717, 1.165) is 5.56 Å². The number of benzene rings is 1. The van der Waals surface area contributed by atoms with Crippen LogP contribution in [0.3, 0.4) is 0 Å². The van der Waals surface area contributed by atoms with Gasteiger partial charge in [0.25, 0.3) is 0 Å². The third kappa shape index (κ3) is 3.38. The molecule has 7 heteroatoms. The second-order valence-corrected chi connectivity index (χ2v) is 7.43. The van der Waals surface area contributed by atoms with Crippen LogP contribution in [0.15, 0.2) is 35.6 Å². The summed E-state index contributed by atoms with van der Waals surface area (Å²) in [6.07, 6.45) is 1.88. The van der Waals surface area contributed by atoms with Crippen molar-refractivity contribution in [2.45, 2.75) is 38.5 Å². The first-order valence-corrected chi connectivity index (χ1v) is 8.91. The summed E-state index contributed by atoms with van der Waals surface area (Å²) >= 11 is 0. The van der Waals surface area contributed by atoms with Gasteiger partial charge in [-0.2, -0.15) is 0 Å². The molecule has 2 aliphatic heterocycles. The van der Waals surface area contributed by atoms with Crippen LogP contribution in [-0.4, -0.2) is 34.5 Å². The molecular weight excluding hydrogens is 355 g/mol. The van der Waals surface area contributed by atoms with Crippen molar-refractivity contribution in [2.75, 3.05) is 13.1 Å². The van der Waals surface area contributed by atoms with Crippen molar-refractivity contribution in [2.24, 2.45) is 5.16 Å². The topological polar surface area (TPSA) is 37.7 Å². The average Bonchev–Trinajstić information content (AvgIpc) is 3.21. The Labute approximate surface area is 155 Å². The predicted octanol–water partition coefficient (Wildman–Crippen LogP) is 4.54. The van der Waals surface area contributed by atoms with Crippen molar-refractivity contribution in [1.29, 1.82) is 0 Å². The molecule has 2 aromatic rings. The lowest BCUT2D eigenvalue weighted by Gasteiger charge is -2.18. The van der Waals surface area contributed by atoms with Crippen molar-refractivity contribution in [3.05, 3.63) is 53.4 Å². The van der Waals surface area contributed by atoms with Crippen molar-refractivity contribution in [1.82, 2.24) is 9.88 Å². The summed E-state index contributed by atoms with van der Waals surface area (Å²) in [4.78, 5) is 11.8. The highest BCUT2D eigenvalue weighted by molar-refractivity contribution is 5.84. The van der Waals surface area contributed by atoms with E-state index in [2.05, 4.69) is 10.1 Å². The minimum absolute atomic E-state index is 0.127. The molecule has 0 N–H and O–H groups in total. The van der Waals surface area contributed by atoms with E-state index in [1.165, 1.54) is 18.2 Å². The van der Waals surface area contributed by atoms with Gasteiger partial charge >= 0.3 is 0 Å². The zero-order valence-corrected chi connectivity index (χ0v) is 15.2. The molecule has 3 heterocycles. The van der Waals surface area contributed by atoms with Gasteiger partial charge in [0, 0.05) is 24.7 Å². The van der Waals surface area contributed by atoms with E-state index in [1.54, 1.807) is 19.2 Å². The normalized spacial score (nSPS) is 24.9. The number of pyridine rings is 1. The Balaban J connectivity index is 1.65. The lowest BCUT2D eigenvalue weighted by molar-refractivity contribution is 0.0828. The van der Waals surface area contributed by atoms with Crippen LogP contribution in [0, 0.1) is 18.6 Å². The highest BCUT2D eigenvalue weighted by Crippen LogP contribution is 2.37. The number of amidine groups is 1. The van der Waals surface area contributed by atoms with E-state index >= 15 is 0 Å². The summed E-state index contributed by atoms with van der Waals surface area (Å²) in [6, 6.07) is 5.45. The van der Waals surface area contributed by atoms with Gasteiger partial charge in [-0.15, -0.1) is 0 Å². The lowest BCUT2D eigenvalue weighted by Crippen LogP contribution is -2.31. The van der Waals surface area contributed by atoms with Gasteiger partial charge in [-0.25, -0.2) is 13.2 Å². The number of hydrogen-bond donors (Lipinski definition) is 0. The van der Waals surface area contributed by atoms with E-state index in [9.17, 15) is 13.2 Å². The second-order valence-electron chi connectivity index (χ2n) is 7.43. The van der Waals surface area contributed by atoms with Gasteiger partial charge in [0.1, 0.15) is 23.1 Å². The molecule has 0 aliphatic carbocycles. The first kappa shape index (κ1) is 17.8. The first-order chi connectivity index (χ1) is 12.8. The van der Waals surface area contributed by atoms with Crippen molar-refractivity contribution < 1.29 is 18.0 Å². The molecule has 1 saturated heterocycles. The second kappa shape index (κ2) is 6.55. The molecule has 1 aromatic heterocycles. The number of oxime groups is 1. The quantitative estimate of drug-likeness (QED) is 0.773. The Morgan fingerprint density at radius 3 is 2.67 bits per heavy atom. The Morgan fingerprint density at radius 1 is 1.26 bits per heavy atom. The minimum Gasteiger partial charge on any atom is -0.384 e. The molecule has 27 heavy (non-hydrogen) atoms. The highest BCUT2D eigenvalue weighted by Gasteiger charge is 2.38. The fourth-order valence-electron chi connectivity index (χ4n) is 3.63. The number of hydrogen-bond acceptors (Lipinski definition) is 4. The predicted molar refractivity (Wildman–Crippen MR) is 95.9 cm³/mol. The van der Waals surface area contributed by atoms with Gasteiger partial charge in [-0.3, -0.25) is 4.98 Å². The van der Waals surface area contributed by atoms with Gasteiger partial charge in [0.2, 0.25) is 0 Å². The number of alkyl halides is 1. The zero-order valence-electron chi connectivity index (χ0n) is 15.2. The summed E-state index contributed by atoms with van der Waals surface area (Å²) in [5.41, 5.74) is 0.181. The molecule has 1 aromatic carbocycles. The van der Waals surface area contributed by atoms with E-state index in [-0.39, 0.29) is 12.1 Å². The van der Waals surface area contributed by atoms with Crippen LogP contribution in [0.5, 0.6) is 0 Å². The molecule has 1 fully saturated rings. The maximum Gasteiger partial charge on any atom is 0.177 e. The van der Waals surface area contributed by atoms with Crippen LogP contribution >= 0.6 is 0 Å². The molecule has 0 bridgehead atoms. The third-order valence-electron chi connectivity index (χ3n) is 5.03. The molecular formula is C20H20F3N3O. The summed E-state index contributed by atoms with van der Waals surface area (Å²) in [7, 11) is 0. The average molecular weight is 375 g/mol. The van der Waals surface area contributed by atoms with Gasteiger partial charge < -0.3 is 9.74 Å². The van der Waals surface area contributed by atoms with Crippen molar-refractivity contribution in [3.63, 3.8) is 0 Å². The molecule has 0 saturated carbocycles. The number of likely N-dealkylation sites (tertiary alicyclic amines) is 1. The van der Waals surface area contributed by atoms with Gasteiger partial charge in [0.05, 0.1) is 24.2 Å². The van der Waals surface area contributed by atoms with Crippen molar-refractivity contribution in [3.8, 4) is 11.1 Å². The molecule has 0 radical (unpaired) electrons. The minimum atomic E-state index is -1.25. The van der Waals surface area contributed by atoms with Crippen LogP contribution < -0.4 is 0 Å². The fourth-order valence-corrected chi connectivity index (χ4v) is 3.63. The van der Waals surface area contributed by atoms with E-state index in [4.69, 9.17) is 4.84 Å². The summed E-state index contributed by atoms with van der Waals surface area (Å²) in [5.74, 6) is -0.672. The highest BCUT2D eigenvalue weighted by atomic mass is 19.1. The maximum atomic E-state index is 14.4. The molecule has 4 nitrogen and oxygen atoms in total. The fraction of sp³-hybridized carbons (Fsp3) is 0.400. The molecule has 0 amide bonds. The zero-order chi connectivity index (χ0) is 19.2. The number of aromatic nitrogens is 1.